The minimum absolute atomic E-state index is 0.0604. The number of anilines is 1. The van der Waals surface area contributed by atoms with Crippen LogP contribution < -0.4 is 10.1 Å². The summed E-state index contributed by atoms with van der Waals surface area (Å²) in [6.45, 7) is 1.68. The molecule has 1 heterocycles. The number of nitrogens with one attached hydrogen (secondary N) is 1. The van der Waals surface area contributed by atoms with Gasteiger partial charge >= 0.3 is 0 Å². The van der Waals surface area contributed by atoms with Crippen LogP contribution in [0.15, 0.2) is 65.1 Å². The van der Waals surface area contributed by atoms with Crippen LogP contribution in [0.1, 0.15) is 5.56 Å². The van der Waals surface area contributed by atoms with Gasteiger partial charge in [0.1, 0.15) is 11.3 Å². The number of nitro benzene ring substituents is 1. The average molecular weight is 438 g/mol. The lowest BCUT2D eigenvalue weighted by Gasteiger charge is -2.09. The van der Waals surface area contributed by atoms with Crippen LogP contribution in [0.25, 0.3) is 22.6 Å². The van der Waals surface area contributed by atoms with E-state index >= 15 is 0 Å². The van der Waals surface area contributed by atoms with E-state index in [0.29, 0.717) is 33.5 Å². The van der Waals surface area contributed by atoms with Crippen molar-refractivity contribution in [2.24, 2.45) is 0 Å². The predicted molar refractivity (Wildman–Crippen MR) is 116 cm³/mol. The number of hydrogen-bond acceptors (Lipinski definition) is 6. The molecule has 0 aliphatic rings. The largest absolute Gasteiger partial charge is 0.484 e. The van der Waals surface area contributed by atoms with Crippen molar-refractivity contribution >= 4 is 40.0 Å². The van der Waals surface area contributed by atoms with Gasteiger partial charge in [0.2, 0.25) is 5.89 Å². The Bertz CT molecular complexity index is 1280. The van der Waals surface area contributed by atoms with Crippen LogP contribution in [0.2, 0.25) is 5.02 Å². The molecular formula is C22H16ClN3O5. The van der Waals surface area contributed by atoms with Gasteiger partial charge in [-0.15, -0.1) is 0 Å². The molecule has 3 aromatic carbocycles. The van der Waals surface area contributed by atoms with Gasteiger partial charge in [-0.1, -0.05) is 17.7 Å². The third-order valence-electron chi connectivity index (χ3n) is 4.45. The van der Waals surface area contributed by atoms with E-state index in [9.17, 15) is 14.9 Å². The maximum absolute atomic E-state index is 12.3. The SMILES string of the molecule is Cc1ccc2oc(-c3ccc(Cl)c(NC(=O)COc4ccc([N+](=O)[O-])cc4)c3)nc2c1. The third kappa shape index (κ3) is 4.65. The van der Waals surface area contributed by atoms with E-state index in [1.807, 2.05) is 25.1 Å². The van der Waals surface area contributed by atoms with Crippen molar-refractivity contribution in [3.63, 3.8) is 0 Å². The normalized spacial score (nSPS) is 10.8. The van der Waals surface area contributed by atoms with Crippen LogP contribution in [-0.2, 0) is 4.79 Å². The summed E-state index contributed by atoms with van der Waals surface area (Å²) in [7, 11) is 0. The van der Waals surface area contributed by atoms with Crippen LogP contribution >= 0.6 is 11.6 Å². The standard InChI is InChI=1S/C22H16ClN3O5/c1-13-2-9-20-19(10-13)25-22(31-20)14-3-8-17(23)18(11-14)24-21(27)12-30-16-6-4-15(5-7-16)26(28)29/h2-11H,12H2,1H3,(H,24,27). The first kappa shape index (κ1) is 20.4. The Balaban J connectivity index is 1.46. The molecule has 1 N–H and O–H groups in total. The first-order valence-corrected chi connectivity index (χ1v) is 9.61. The van der Waals surface area contributed by atoms with E-state index in [4.69, 9.17) is 20.8 Å². The van der Waals surface area contributed by atoms with Crippen molar-refractivity contribution in [1.29, 1.82) is 0 Å². The Labute approximate surface area is 181 Å². The number of aryl methyl sites for hydroxylation is 1. The van der Waals surface area contributed by atoms with Crippen molar-refractivity contribution in [2.75, 3.05) is 11.9 Å². The molecule has 0 aliphatic carbocycles. The summed E-state index contributed by atoms with van der Waals surface area (Å²) in [5, 5.41) is 13.7. The average Bonchev–Trinajstić information content (AvgIpc) is 3.17. The summed E-state index contributed by atoms with van der Waals surface area (Å²) in [5.41, 5.74) is 3.46. The molecule has 156 valence electrons. The van der Waals surface area contributed by atoms with Crippen molar-refractivity contribution in [3.8, 4) is 17.2 Å². The molecule has 0 fully saturated rings. The fourth-order valence-corrected chi connectivity index (χ4v) is 3.08. The number of halogens is 1. The molecule has 31 heavy (non-hydrogen) atoms. The van der Waals surface area contributed by atoms with Gasteiger partial charge in [0.05, 0.1) is 15.6 Å². The summed E-state index contributed by atoms with van der Waals surface area (Å²) in [4.78, 5) is 27.0. The Morgan fingerprint density at radius 3 is 2.68 bits per heavy atom. The molecule has 0 atom stereocenters. The molecule has 9 heteroatoms. The molecule has 0 bridgehead atoms. The molecule has 0 unspecified atom stereocenters. The summed E-state index contributed by atoms with van der Waals surface area (Å²) >= 11 is 6.22. The van der Waals surface area contributed by atoms with E-state index in [0.717, 1.165) is 11.1 Å². The number of hydrogen-bond donors (Lipinski definition) is 1. The summed E-state index contributed by atoms with van der Waals surface area (Å²) < 4.78 is 11.2. The first-order chi connectivity index (χ1) is 14.9. The fourth-order valence-electron chi connectivity index (χ4n) is 2.91. The number of rotatable bonds is 6. The Morgan fingerprint density at radius 2 is 1.94 bits per heavy atom. The molecule has 0 aliphatic heterocycles. The van der Waals surface area contributed by atoms with Gasteiger partial charge in [0, 0.05) is 17.7 Å². The van der Waals surface area contributed by atoms with Gasteiger partial charge in [-0.05, 0) is 55.0 Å². The molecule has 1 amide bonds. The second-order valence-electron chi connectivity index (χ2n) is 6.77. The number of fused-ring (bicyclic) bond motifs is 1. The maximum atomic E-state index is 12.3. The monoisotopic (exact) mass is 437 g/mol. The minimum atomic E-state index is -0.510. The van der Waals surface area contributed by atoms with Gasteiger partial charge < -0.3 is 14.5 Å². The summed E-state index contributed by atoms with van der Waals surface area (Å²) in [5.74, 6) is 0.308. The minimum Gasteiger partial charge on any atom is -0.484 e. The Hall–Kier alpha value is -3.91. The lowest BCUT2D eigenvalue weighted by atomic mass is 10.2. The lowest BCUT2D eigenvalue weighted by Crippen LogP contribution is -2.20. The van der Waals surface area contributed by atoms with Gasteiger partial charge in [-0.2, -0.15) is 0 Å². The molecule has 0 radical (unpaired) electrons. The van der Waals surface area contributed by atoms with Crippen molar-refractivity contribution in [2.45, 2.75) is 6.92 Å². The topological polar surface area (TPSA) is 108 Å². The summed E-state index contributed by atoms with van der Waals surface area (Å²) in [6, 6.07) is 16.2. The number of amides is 1. The zero-order valence-corrected chi connectivity index (χ0v) is 17.1. The highest BCUT2D eigenvalue weighted by Gasteiger charge is 2.13. The molecule has 4 aromatic rings. The molecular weight excluding hydrogens is 422 g/mol. The molecule has 0 saturated carbocycles. The van der Waals surface area contributed by atoms with Crippen molar-refractivity contribution in [1.82, 2.24) is 4.98 Å². The van der Waals surface area contributed by atoms with E-state index in [-0.39, 0.29) is 12.3 Å². The molecule has 8 nitrogen and oxygen atoms in total. The van der Waals surface area contributed by atoms with Gasteiger partial charge in [-0.3, -0.25) is 14.9 Å². The van der Waals surface area contributed by atoms with E-state index in [1.165, 1.54) is 24.3 Å². The van der Waals surface area contributed by atoms with Crippen LogP contribution in [0.5, 0.6) is 5.75 Å². The first-order valence-electron chi connectivity index (χ1n) is 9.23. The van der Waals surface area contributed by atoms with E-state index < -0.39 is 10.8 Å². The van der Waals surface area contributed by atoms with Gasteiger partial charge in [0.25, 0.3) is 11.6 Å². The second kappa shape index (κ2) is 8.45. The van der Waals surface area contributed by atoms with Gasteiger partial charge in [0.15, 0.2) is 12.2 Å². The maximum Gasteiger partial charge on any atom is 0.269 e. The number of aromatic nitrogens is 1. The van der Waals surface area contributed by atoms with Gasteiger partial charge in [-0.25, -0.2) is 4.98 Å². The molecule has 0 spiro atoms. The van der Waals surface area contributed by atoms with Crippen LogP contribution in [-0.4, -0.2) is 22.4 Å². The number of carbonyl (C=O) groups is 1. The van der Waals surface area contributed by atoms with E-state index in [1.54, 1.807) is 18.2 Å². The number of ether oxygens (including phenoxy) is 1. The second-order valence-corrected chi connectivity index (χ2v) is 7.18. The highest BCUT2D eigenvalue weighted by molar-refractivity contribution is 6.33. The van der Waals surface area contributed by atoms with Crippen LogP contribution in [0.4, 0.5) is 11.4 Å². The highest BCUT2D eigenvalue weighted by atomic mass is 35.5. The fraction of sp³-hybridized carbons (Fsp3) is 0.0909. The number of benzene rings is 3. The predicted octanol–water partition coefficient (Wildman–Crippen LogP) is 5.38. The van der Waals surface area contributed by atoms with Crippen LogP contribution in [0, 0.1) is 17.0 Å². The Kier molecular flexibility index (Phi) is 5.55. The van der Waals surface area contributed by atoms with Crippen LogP contribution in [0.3, 0.4) is 0 Å². The summed E-state index contributed by atoms with van der Waals surface area (Å²) in [6.07, 6.45) is 0. The quantitative estimate of drug-likeness (QED) is 0.320. The number of non-ortho nitro benzene ring substituents is 1. The molecule has 4 rings (SSSR count). The smallest absolute Gasteiger partial charge is 0.269 e. The highest BCUT2D eigenvalue weighted by Crippen LogP contribution is 2.30. The zero-order valence-electron chi connectivity index (χ0n) is 16.3. The number of carbonyl (C=O) groups excluding carboxylic acids is 1. The van der Waals surface area contributed by atoms with Crippen molar-refractivity contribution < 1.29 is 18.9 Å². The zero-order chi connectivity index (χ0) is 22.0. The van der Waals surface area contributed by atoms with E-state index in [2.05, 4.69) is 10.3 Å². The number of oxazole rings is 1. The third-order valence-corrected chi connectivity index (χ3v) is 4.78. The van der Waals surface area contributed by atoms with Crippen molar-refractivity contribution in [3.05, 3.63) is 81.4 Å². The lowest BCUT2D eigenvalue weighted by molar-refractivity contribution is -0.384. The molecule has 1 aromatic heterocycles. The Morgan fingerprint density at radius 1 is 1.16 bits per heavy atom. The molecule has 0 saturated heterocycles. The number of nitrogens with zero attached hydrogens (tertiary/aromatic N) is 2. The number of nitro groups is 1.